The van der Waals surface area contributed by atoms with E-state index < -0.39 is 24.8 Å². The zero-order chi connectivity index (χ0) is 14.0. The summed E-state index contributed by atoms with van der Waals surface area (Å²) in [7, 11) is 0. The molecule has 2 aliphatic heterocycles. The number of alkyl halides is 4. The van der Waals surface area contributed by atoms with Crippen LogP contribution < -0.4 is 10.6 Å². The molecular weight excluding hydrogens is 264 g/mol. The second-order valence-electron chi connectivity index (χ2n) is 5.52. The van der Waals surface area contributed by atoms with Gasteiger partial charge in [-0.25, -0.2) is 8.78 Å². The van der Waals surface area contributed by atoms with E-state index in [0.29, 0.717) is 12.1 Å². The largest absolute Gasteiger partial charge is 0.350 e. The molecule has 0 spiro atoms. The Bertz CT molecular complexity index is 326. The Morgan fingerprint density at radius 3 is 2.37 bits per heavy atom. The van der Waals surface area contributed by atoms with Crippen LogP contribution in [0.25, 0.3) is 0 Å². The molecule has 110 valence electrons. The third-order valence-electron chi connectivity index (χ3n) is 3.89. The number of halogens is 4. The van der Waals surface area contributed by atoms with Crippen molar-refractivity contribution < 1.29 is 22.4 Å². The average Bonchev–Trinajstić information content (AvgIpc) is 2.66. The highest BCUT2D eigenvalue weighted by Crippen LogP contribution is 2.32. The van der Waals surface area contributed by atoms with E-state index >= 15 is 0 Å². The van der Waals surface area contributed by atoms with E-state index in [1.165, 1.54) is 0 Å². The molecule has 0 saturated carbocycles. The average molecular weight is 282 g/mol. The van der Waals surface area contributed by atoms with Gasteiger partial charge in [0, 0.05) is 18.5 Å². The lowest BCUT2D eigenvalue weighted by molar-refractivity contribution is -0.137. The molecule has 2 bridgehead atoms. The SMILES string of the molecule is O=C(CC1CC2CCC(C1)N2)NCC(F)(F)C(F)F. The molecule has 2 rings (SSSR count). The van der Waals surface area contributed by atoms with Crippen LogP contribution in [0, 0.1) is 5.92 Å². The van der Waals surface area contributed by atoms with Gasteiger partial charge in [-0.2, -0.15) is 8.78 Å². The molecule has 1 amide bonds. The summed E-state index contributed by atoms with van der Waals surface area (Å²) in [5.74, 6) is -4.55. The van der Waals surface area contributed by atoms with Crippen LogP contribution in [0.4, 0.5) is 17.6 Å². The molecule has 0 aromatic carbocycles. The highest BCUT2D eigenvalue weighted by Gasteiger charge is 2.41. The second-order valence-corrected chi connectivity index (χ2v) is 5.52. The maximum atomic E-state index is 12.6. The molecule has 0 aliphatic carbocycles. The van der Waals surface area contributed by atoms with Gasteiger partial charge < -0.3 is 10.6 Å². The topological polar surface area (TPSA) is 41.1 Å². The molecule has 7 heteroatoms. The molecule has 2 fully saturated rings. The number of amides is 1. The van der Waals surface area contributed by atoms with E-state index in [1.54, 1.807) is 0 Å². The number of carbonyl (C=O) groups excluding carboxylic acids is 1. The van der Waals surface area contributed by atoms with Crippen LogP contribution in [0.2, 0.25) is 0 Å². The van der Waals surface area contributed by atoms with E-state index in [4.69, 9.17) is 0 Å². The standard InChI is InChI=1S/C12H18F4N2O/c13-11(14)12(15,16)6-17-10(19)5-7-3-8-1-2-9(4-7)18-8/h7-9,11,18H,1-6H2,(H,17,19). The van der Waals surface area contributed by atoms with Gasteiger partial charge in [0.05, 0.1) is 6.54 Å². The van der Waals surface area contributed by atoms with E-state index in [9.17, 15) is 22.4 Å². The van der Waals surface area contributed by atoms with Gasteiger partial charge in [0.1, 0.15) is 0 Å². The van der Waals surface area contributed by atoms with Gasteiger partial charge in [0.2, 0.25) is 5.91 Å². The van der Waals surface area contributed by atoms with E-state index in [1.807, 2.05) is 5.32 Å². The fraction of sp³-hybridized carbons (Fsp3) is 0.917. The van der Waals surface area contributed by atoms with Crippen molar-refractivity contribution in [1.29, 1.82) is 0 Å². The fourth-order valence-corrected chi connectivity index (χ4v) is 2.97. The van der Waals surface area contributed by atoms with Gasteiger partial charge in [-0.1, -0.05) is 0 Å². The fourth-order valence-electron chi connectivity index (χ4n) is 2.97. The highest BCUT2D eigenvalue weighted by molar-refractivity contribution is 5.76. The van der Waals surface area contributed by atoms with Crippen LogP contribution in [-0.4, -0.2) is 36.9 Å². The summed E-state index contributed by atoms with van der Waals surface area (Å²) in [6, 6.07) is 0.832. The van der Waals surface area contributed by atoms with E-state index in [0.717, 1.165) is 25.7 Å². The zero-order valence-corrected chi connectivity index (χ0v) is 10.5. The minimum Gasteiger partial charge on any atom is -0.350 e. The van der Waals surface area contributed by atoms with E-state index in [2.05, 4.69) is 5.32 Å². The molecule has 3 nitrogen and oxygen atoms in total. The first kappa shape index (κ1) is 14.6. The molecule has 2 aliphatic rings. The predicted octanol–water partition coefficient (Wildman–Crippen LogP) is 1.92. The summed E-state index contributed by atoms with van der Waals surface area (Å²) >= 11 is 0. The first-order chi connectivity index (χ1) is 8.87. The first-order valence-corrected chi connectivity index (χ1v) is 6.55. The van der Waals surface area contributed by atoms with Gasteiger partial charge in [0.15, 0.2) is 0 Å². The number of hydrogen-bond donors (Lipinski definition) is 2. The molecule has 0 radical (unpaired) electrons. The molecule has 0 aromatic heterocycles. The van der Waals surface area contributed by atoms with Crippen LogP contribution >= 0.6 is 0 Å². The zero-order valence-electron chi connectivity index (χ0n) is 10.5. The smallest absolute Gasteiger partial charge is 0.324 e. The lowest BCUT2D eigenvalue weighted by Crippen LogP contribution is -2.43. The van der Waals surface area contributed by atoms with Crippen LogP contribution in [0.3, 0.4) is 0 Å². The van der Waals surface area contributed by atoms with Gasteiger partial charge in [-0.15, -0.1) is 0 Å². The highest BCUT2D eigenvalue weighted by atomic mass is 19.3. The van der Waals surface area contributed by atoms with Crippen molar-refractivity contribution in [1.82, 2.24) is 10.6 Å². The quantitative estimate of drug-likeness (QED) is 0.756. The molecule has 19 heavy (non-hydrogen) atoms. The molecule has 2 N–H and O–H groups in total. The maximum absolute atomic E-state index is 12.6. The first-order valence-electron chi connectivity index (χ1n) is 6.55. The van der Waals surface area contributed by atoms with Gasteiger partial charge in [0.25, 0.3) is 0 Å². The van der Waals surface area contributed by atoms with Crippen LogP contribution in [-0.2, 0) is 4.79 Å². The van der Waals surface area contributed by atoms with Gasteiger partial charge >= 0.3 is 12.3 Å². The van der Waals surface area contributed by atoms with E-state index in [-0.39, 0.29) is 12.3 Å². The Morgan fingerprint density at radius 1 is 1.26 bits per heavy atom. The summed E-state index contributed by atoms with van der Waals surface area (Å²) in [4.78, 5) is 11.5. The third kappa shape index (κ3) is 3.81. The maximum Gasteiger partial charge on any atom is 0.324 e. The Labute approximate surface area is 109 Å². The molecule has 2 heterocycles. The Morgan fingerprint density at radius 2 is 1.84 bits per heavy atom. The van der Waals surface area contributed by atoms with Gasteiger partial charge in [-0.3, -0.25) is 4.79 Å². The predicted molar refractivity (Wildman–Crippen MR) is 61.2 cm³/mol. The summed E-state index contributed by atoms with van der Waals surface area (Å²) in [5.41, 5.74) is 0. The number of hydrogen-bond acceptors (Lipinski definition) is 2. The third-order valence-corrected chi connectivity index (χ3v) is 3.89. The van der Waals surface area contributed by atoms with Crippen molar-refractivity contribution in [2.45, 2.75) is 56.5 Å². The second kappa shape index (κ2) is 5.64. The lowest BCUT2D eigenvalue weighted by Gasteiger charge is -2.28. The summed E-state index contributed by atoms with van der Waals surface area (Å²) in [5, 5.41) is 5.33. The molecule has 0 aromatic rings. The van der Waals surface area contributed by atoms with Crippen molar-refractivity contribution in [3.05, 3.63) is 0 Å². The normalized spacial score (nSPS) is 30.7. The Balaban J connectivity index is 1.73. The van der Waals surface area contributed by atoms with Gasteiger partial charge in [-0.05, 0) is 31.6 Å². The summed E-state index contributed by atoms with van der Waals surface area (Å²) in [6.45, 7) is -1.29. The summed E-state index contributed by atoms with van der Waals surface area (Å²) < 4.78 is 49.1. The number of nitrogens with one attached hydrogen (secondary N) is 2. The number of fused-ring (bicyclic) bond motifs is 2. The van der Waals surface area contributed by atoms with Crippen LogP contribution in [0.15, 0.2) is 0 Å². The monoisotopic (exact) mass is 282 g/mol. The van der Waals surface area contributed by atoms with Crippen molar-refractivity contribution in [3.63, 3.8) is 0 Å². The number of carbonyl (C=O) groups is 1. The Hall–Kier alpha value is -0.850. The van der Waals surface area contributed by atoms with Crippen molar-refractivity contribution in [3.8, 4) is 0 Å². The molecule has 2 unspecified atom stereocenters. The van der Waals surface area contributed by atoms with Crippen molar-refractivity contribution >= 4 is 5.91 Å². The minimum atomic E-state index is -4.15. The minimum absolute atomic E-state index is 0.147. The number of rotatable bonds is 5. The summed E-state index contributed by atoms with van der Waals surface area (Å²) in [6.07, 6.45) is 0.291. The van der Waals surface area contributed by atoms with Crippen LogP contribution in [0.1, 0.15) is 32.1 Å². The molecule has 2 saturated heterocycles. The lowest BCUT2D eigenvalue weighted by atomic mass is 9.89. The van der Waals surface area contributed by atoms with Crippen molar-refractivity contribution in [2.75, 3.05) is 6.54 Å². The van der Waals surface area contributed by atoms with Crippen molar-refractivity contribution in [2.24, 2.45) is 5.92 Å². The molecule has 2 atom stereocenters. The Kier molecular flexibility index (Phi) is 4.32. The number of piperidine rings is 1. The van der Waals surface area contributed by atoms with Crippen LogP contribution in [0.5, 0.6) is 0 Å². The molecular formula is C12H18F4N2O.